The smallest absolute Gasteiger partial charge is 0.313 e. The van der Waals surface area contributed by atoms with Crippen molar-refractivity contribution in [1.29, 1.82) is 0 Å². The Balaban J connectivity index is 1.97. The number of anilines is 1. The van der Waals surface area contributed by atoms with Crippen LogP contribution in [0.15, 0.2) is 42.5 Å². The number of halogens is 1. The zero-order chi connectivity index (χ0) is 19.1. The molecular formula is C19H21FN2O4. The van der Waals surface area contributed by atoms with Gasteiger partial charge in [-0.15, -0.1) is 0 Å². The number of aryl methyl sites for hydroxylation is 1. The van der Waals surface area contributed by atoms with E-state index in [0.29, 0.717) is 11.3 Å². The summed E-state index contributed by atoms with van der Waals surface area (Å²) in [6, 6.07) is 11.4. The van der Waals surface area contributed by atoms with E-state index >= 15 is 0 Å². The number of hydrogen-bond acceptors (Lipinski definition) is 4. The second-order valence-electron chi connectivity index (χ2n) is 5.59. The van der Waals surface area contributed by atoms with Crippen LogP contribution in [-0.4, -0.2) is 32.6 Å². The molecule has 7 heteroatoms. The zero-order valence-electron chi connectivity index (χ0n) is 14.8. The van der Waals surface area contributed by atoms with Crippen LogP contribution in [0.4, 0.5) is 10.1 Å². The van der Waals surface area contributed by atoms with E-state index < -0.39 is 23.7 Å². The van der Waals surface area contributed by atoms with Crippen molar-refractivity contribution in [3.05, 3.63) is 59.4 Å². The van der Waals surface area contributed by atoms with Crippen LogP contribution in [-0.2, 0) is 14.3 Å². The molecule has 1 unspecified atom stereocenters. The zero-order valence-corrected chi connectivity index (χ0v) is 14.8. The van der Waals surface area contributed by atoms with Crippen LogP contribution in [0.3, 0.4) is 0 Å². The number of rotatable bonds is 6. The minimum atomic E-state index is -0.886. The van der Waals surface area contributed by atoms with E-state index in [1.54, 1.807) is 13.0 Å². The van der Waals surface area contributed by atoms with Crippen LogP contribution in [0.1, 0.15) is 17.2 Å². The first kappa shape index (κ1) is 19.4. The summed E-state index contributed by atoms with van der Waals surface area (Å²) >= 11 is 0. The maximum absolute atomic E-state index is 13.5. The molecule has 2 aromatic rings. The first-order chi connectivity index (χ1) is 12.5. The fraction of sp³-hybridized carbons (Fsp3) is 0.263. The van der Waals surface area contributed by atoms with Crippen molar-refractivity contribution in [3.8, 4) is 5.75 Å². The third-order valence-corrected chi connectivity index (χ3v) is 3.85. The Hall–Kier alpha value is -2.93. The van der Waals surface area contributed by atoms with E-state index in [1.165, 1.54) is 26.4 Å². The van der Waals surface area contributed by atoms with Crippen LogP contribution in [0.2, 0.25) is 0 Å². The summed E-state index contributed by atoms with van der Waals surface area (Å²) < 4.78 is 24.2. The van der Waals surface area contributed by atoms with Gasteiger partial charge >= 0.3 is 11.8 Å². The molecule has 0 aliphatic carbocycles. The van der Waals surface area contributed by atoms with Gasteiger partial charge in [0.25, 0.3) is 0 Å². The lowest BCUT2D eigenvalue weighted by Crippen LogP contribution is -2.38. The quantitative estimate of drug-likeness (QED) is 0.777. The molecule has 0 bridgehead atoms. The van der Waals surface area contributed by atoms with E-state index in [0.717, 1.165) is 11.6 Å². The third-order valence-electron chi connectivity index (χ3n) is 3.85. The van der Waals surface area contributed by atoms with Crippen molar-refractivity contribution in [2.45, 2.75) is 13.0 Å². The molecule has 2 rings (SSSR count). The monoisotopic (exact) mass is 360 g/mol. The van der Waals surface area contributed by atoms with E-state index in [9.17, 15) is 14.0 Å². The first-order valence-corrected chi connectivity index (χ1v) is 7.97. The normalized spacial score (nSPS) is 11.5. The van der Waals surface area contributed by atoms with Gasteiger partial charge in [-0.1, -0.05) is 24.3 Å². The topological polar surface area (TPSA) is 76.7 Å². The predicted octanol–water partition coefficient (Wildman–Crippen LogP) is 2.59. The van der Waals surface area contributed by atoms with Gasteiger partial charge in [0, 0.05) is 24.9 Å². The van der Waals surface area contributed by atoms with Gasteiger partial charge in [-0.3, -0.25) is 9.59 Å². The Kier molecular flexibility index (Phi) is 6.68. The van der Waals surface area contributed by atoms with Crippen molar-refractivity contribution in [2.24, 2.45) is 0 Å². The summed E-state index contributed by atoms with van der Waals surface area (Å²) in [6.07, 6.45) is -0.486. The molecule has 2 N–H and O–H groups in total. The number of hydrogen-bond donors (Lipinski definition) is 2. The molecule has 2 aromatic carbocycles. The van der Waals surface area contributed by atoms with Gasteiger partial charge in [0.1, 0.15) is 17.7 Å². The molecule has 0 spiro atoms. The van der Waals surface area contributed by atoms with Crippen molar-refractivity contribution in [1.82, 2.24) is 5.32 Å². The summed E-state index contributed by atoms with van der Waals surface area (Å²) in [7, 11) is 3.04. The molecule has 2 amide bonds. The number of amides is 2. The Morgan fingerprint density at radius 1 is 1.12 bits per heavy atom. The fourth-order valence-electron chi connectivity index (χ4n) is 2.38. The molecule has 0 radical (unpaired) electrons. The van der Waals surface area contributed by atoms with E-state index in [-0.39, 0.29) is 12.2 Å². The molecule has 0 aliphatic heterocycles. The highest BCUT2D eigenvalue weighted by Gasteiger charge is 2.19. The molecule has 0 heterocycles. The van der Waals surface area contributed by atoms with Gasteiger partial charge in [0.15, 0.2) is 0 Å². The SMILES string of the molecule is COc1ccccc1C(CNC(=O)C(=O)Nc1ccc(C)c(F)c1)OC. The van der Waals surface area contributed by atoms with Gasteiger partial charge in [-0.2, -0.15) is 0 Å². The Morgan fingerprint density at radius 2 is 1.85 bits per heavy atom. The average molecular weight is 360 g/mol. The second-order valence-corrected chi connectivity index (χ2v) is 5.59. The molecule has 1 atom stereocenters. The Morgan fingerprint density at radius 3 is 2.50 bits per heavy atom. The predicted molar refractivity (Wildman–Crippen MR) is 95.5 cm³/mol. The average Bonchev–Trinajstić information content (AvgIpc) is 2.65. The number of benzene rings is 2. The summed E-state index contributed by atoms with van der Waals surface area (Å²) in [6.45, 7) is 1.68. The molecule has 0 fully saturated rings. The number of nitrogens with one attached hydrogen (secondary N) is 2. The summed E-state index contributed by atoms with van der Waals surface area (Å²) in [5.41, 5.74) is 1.41. The largest absolute Gasteiger partial charge is 0.496 e. The Labute approximate surface area is 151 Å². The molecule has 26 heavy (non-hydrogen) atoms. The van der Waals surface area contributed by atoms with Gasteiger partial charge in [-0.05, 0) is 30.7 Å². The van der Waals surface area contributed by atoms with Crippen molar-refractivity contribution in [2.75, 3.05) is 26.1 Å². The molecule has 0 aromatic heterocycles. The maximum Gasteiger partial charge on any atom is 0.313 e. The Bertz CT molecular complexity index is 795. The van der Waals surface area contributed by atoms with Crippen LogP contribution in [0.25, 0.3) is 0 Å². The highest BCUT2D eigenvalue weighted by atomic mass is 19.1. The maximum atomic E-state index is 13.5. The first-order valence-electron chi connectivity index (χ1n) is 7.97. The van der Waals surface area contributed by atoms with Crippen molar-refractivity contribution in [3.63, 3.8) is 0 Å². The fourth-order valence-corrected chi connectivity index (χ4v) is 2.38. The van der Waals surface area contributed by atoms with Gasteiger partial charge in [0.2, 0.25) is 0 Å². The number of carbonyl (C=O) groups is 2. The highest BCUT2D eigenvalue weighted by molar-refractivity contribution is 6.39. The van der Waals surface area contributed by atoms with Crippen LogP contribution in [0, 0.1) is 12.7 Å². The number of methoxy groups -OCH3 is 2. The minimum absolute atomic E-state index is 0.0748. The number of para-hydroxylation sites is 1. The van der Waals surface area contributed by atoms with Crippen LogP contribution >= 0.6 is 0 Å². The molecule has 6 nitrogen and oxygen atoms in total. The molecule has 138 valence electrons. The number of ether oxygens (including phenoxy) is 2. The molecule has 0 saturated heterocycles. The van der Waals surface area contributed by atoms with Crippen LogP contribution in [0.5, 0.6) is 5.75 Å². The lowest BCUT2D eigenvalue weighted by molar-refractivity contribution is -0.136. The third kappa shape index (κ3) is 4.80. The van der Waals surface area contributed by atoms with E-state index in [2.05, 4.69) is 10.6 Å². The lowest BCUT2D eigenvalue weighted by Gasteiger charge is -2.18. The highest BCUT2D eigenvalue weighted by Crippen LogP contribution is 2.26. The molecule has 0 aliphatic rings. The van der Waals surface area contributed by atoms with Gasteiger partial charge in [0.05, 0.1) is 7.11 Å². The van der Waals surface area contributed by atoms with Gasteiger partial charge in [-0.25, -0.2) is 4.39 Å². The van der Waals surface area contributed by atoms with Crippen LogP contribution < -0.4 is 15.4 Å². The number of carbonyl (C=O) groups excluding carboxylic acids is 2. The summed E-state index contributed by atoms with van der Waals surface area (Å²) in [4.78, 5) is 24.0. The second kappa shape index (κ2) is 8.96. The standard InChI is InChI=1S/C19H21FN2O4/c1-12-8-9-13(10-15(12)20)22-19(24)18(23)21-11-17(26-3)14-6-4-5-7-16(14)25-2/h4-10,17H,11H2,1-3H3,(H,21,23)(H,22,24). The van der Waals surface area contributed by atoms with Crippen molar-refractivity contribution >= 4 is 17.5 Å². The van der Waals surface area contributed by atoms with Crippen molar-refractivity contribution < 1.29 is 23.5 Å². The van der Waals surface area contributed by atoms with E-state index in [1.807, 2.05) is 18.2 Å². The van der Waals surface area contributed by atoms with E-state index in [4.69, 9.17) is 9.47 Å². The minimum Gasteiger partial charge on any atom is -0.496 e. The summed E-state index contributed by atoms with van der Waals surface area (Å²) in [5.74, 6) is -1.57. The van der Waals surface area contributed by atoms with Gasteiger partial charge < -0.3 is 20.1 Å². The summed E-state index contributed by atoms with van der Waals surface area (Å²) in [5, 5.41) is 4.86. The lowest BCUT2D eigenvalue weighted by atomic mass is 10.1. The molecule has 0 saturated carbocycles. The molecular weight excluding hydrogens is 339 g/mol.